The van der Waals surface area contributed by atoms with E-state index >= 15 is 0 Å². The summed E-state index contributed by atoms with van der Waals surface area (Å²) in [6.07, 6.45) is 2.57. The Morgan fingerprint density at radius 1 is 1.34 bits per heavy atom. The molecule has 3 aromatic rings. The Kier molecular flexibility index (Phi) is 5.90. The molecule has 0 fully saturated rings. The number of nitrogens with zero attached hydrogens (tertiary/aromatic N) is 2. The van der Waals surface area contributed by atoms with E-state index in [1.54, 1.807) is 28.8 Å². The lowest BCUT2D eigenvalue weighted by Gasteiger charge is -2.27. The van der Waals surface area contributed by atoms with Crippen LogP contribution < -0.4 is 19.6 Å². The summed E-state index contributed by atoms with van der Waals surface area (Å²) in [6, 6.07) is 12.1. The van der Waals surface area contributed by atoms with Gasteiger partial charge in [0.1, 0.15) is 11.5 Å². The number of fused-ring (bicyclic) bond motifs is 2. The van der Waals surface area contributed by atoms with Gasteiger partial charge in [-0.25, -0.2) is 9.79 Å². The minimum Gasteiger partial charge on any atom is -0.494 e. The SMILES string of the molecule is C=C(OCC)C1=C(C)N=c2s/c(=C\c3cccc(C(=O)O)c3)c(=O)n2C1c1ccc2c(c1)OCC2. The largest absolute Gasteiger partial charge is 0.494 e. The molecule has 0 amide bonds. The number of aromatic carboxylic acids is 1. The van der Waals surface area contributed by atoms with Gasteiger partial charge in [-0.05, 0) is 54.8 Å². The molecule has 0 saturated heterocycles. The predicted molar refractivity (Wildman–Crippen MR) is 134 cm³/mol. The van der Waals surface area contributed by atoms with E-state index in [2.05, 4.69) is 6.58 Å². The van der Waals surface area contributed by atoms with E-state index < -0.39 is 12.0 Å². The van der Waals surface area contributed by atoms with Gasteiger partial charge in [-0.2, -0.15) is 0 Å². The highest BCUT2D eigenvalue weighted by Gasteiger charge is 2.31. The Hall–Kier alpha value is -3.91. The van der Waals surface area contributed by atoms with Gasteiger partial charge in [0.25, 0.3) is 5.56 Å². The van der Waals surface area contributed by atoms with Crippen molar-refractivity contribution < 1.29 is 19.4 Å². The van der Waals surface area contributed by atoms with E-state index in [1.807, 2.05) is 32.0 Å². The van der Waals surface area contributed by atoms with E-state index in [1.165, 1.54) is 17.4 Å². The molecule has 7 nitrogen and oxygen atoms in total. The summed E-state index contributed by atoms with van der Waals surface area (Å²) in [5.74, 6) is 0.282. The summed E-state index contributed by atoms with van der Waals surface area (Å²) in [4.78, 5) is 30.4. The van der Waals surface area contributed by atoms with Crippen LogP contribution in [-0.4, -0.2) is 28.9 Å². The Bertz CT molecular complexity index is 1580. The maximum Gasteiger partial charge on any atom is 0.335 e. The number of ether oxygens (including phenoxy) is 2. The Morgan fingerprint density at radius 2 is 2.17 bits per heavy atom. The van der Waals surface area contributed by atoms with Gasteiger partial charge in [-0.1, -0.05) is 42.2 Å². The summed E-state index contributed by atoms with van der Waals surface area (Å²) in [7, 11) is 0. The molecule has 5 rings (SSSR count). The number of hydrogen-bond acceptors (Lipinski definition) is 6. The Morgan fingerprint density at radius 3 is 2.94 bits per heavy atom. The first kappa shape index (κ1) is 22.9. The number of aromatic nitrogens is 1. The molecular formula is C27H24N2O5S. The number of carboxylic acid groups (broad SMARTS) is 1. The molecule has 1 aromatic heterocycles. The van der Waals surface area contributed by atoms with Crippen molar-refractivity contribution in [1.82, 2.24) is 4.57 Å². The van der Waals surface area contributed by atoms with Crippen molar-refractivity contribution >= 4 is 23.4 Å². The van der Waals surface area contributed by atoms with Crippen LogP contribution in [0, 0.1) is 0 Å². The zero-order valence-corrected chi connectivity index (χ0v) is 20.2. The molecule has 35 heavy (non-hydrogen) atoms. The first-order valence-corrected chi connectivity index (χ1v) is 12.1. The van der Waals surface area contributed by atoms with Crippen molar-refractivity contribution in [2.24, 2.45) is 4.99 Å². The fraction of sp³-hybridized carbons (Fsp3) is 0.222. The van der Waals surface area contributed by atoms with Crippen molar-refractivity contribution in [2.75, 3.05) is 13.2 Å². The maximum atomic E-state index is 13.7. The van der Waals surface area contributed by atoms with E-state index in [4.69, 9.17) is 14.5 Å². The van der Waals surface area contributed by atoms with Crippen LogP contribution in [0.2, 0.25) is 0 Å². The van der Waals surface area contributed by atoms with Crippen molar-refractivity contribution in [2.45, 2.75) is 26.3 Å². The minimum atomic E-state index is -1.02. The number of hydrogen-bond donors (Lipinski definition) is 1. The topological polar surface area (TPSA) is 90.1 Å². The molecule has 0 radical (unpaired) electrons. The van der Waals surface area contributed by atoms with Gasteiger partial charge in [0.05, 0.1) is 29.4 Å². The third-order valence-electron chi connectivity index (χ3n) is 6.11. The fourth-order valence-electron chi connectivity index (χ4n) is 4.51. The molecule has 0 bridgehead atoms. The molecule has 0 aliphatic carbocycles. The lowest BCUT2D eigenvalue weighted by Crippen LogP contribution is -2.38. The monoisotopic (exact) mass is 488 g/mol. The summed E-state index contributed by atoms with van der Waals surface area (Å²) in [5, 5.41) is 9.32. The second kappa shape index (κ2) is 9.03. The van der Waals surface area contributed by atoms with E-state index in [0.717, 1.165) is 34.6 Å². The first-order valence-electron chi connectivity index (χ1n) is 11.3. The summed E-state index contributed by atoms with van der Waals surface area (Å²) in [5.41, 5.74) is 4.09. The van der Waals surface area contributed by atoms with Gasteiger partial charge in [0, 0.05) is 17.7 Å². The lowest BCUT2D eigenvalue weighted by molar-refractivity contribution is 0.0697. The van der Waals surface area contributed by atoms with Gasteiger partial charge in [0.2, 0.25) is 0 Å². The number of benzene rings is 2. The summed E-state index contributed by atoms with van der Waals surface area (Å²) >= 11 is 1.27. The normalized spacial score (nSPS) is 16.9. The zero-order valence-electron chi connectivity index (χ0n) is 19.4. The van der Waals surface area contributed by atoms with Crippen LogP contribution in [0.1, 0.15) is 46.9 Å². The van der Waals surface area contributed by atoms with E-state index in [9.17, 15) is 14.7 Å². The second-order valence-corrected chi connectivity index (χ2v) is 9.34. The van der Waals surface area contributed by atoms with Gasteiger partial charge in [-0.3, -0.25) is 9.36 Å². The second-order valence-electron chi connectivity index (χ2n) is 8.33. The van der Waals surface area contributed by atoms with Crippen molar-refractivity contribution in [3.63, 3.8) is 0 Å². The number of thiazole rings is 1. The quantitative estimate of drug-likeness (QED) is 0.537. The minimum absolute atomic E-state index is 0.161. The zero-order chi connectivity index (χ0) is 24.7. The molecular weight excluding hydrogens is 464 g/mol. The Balaban J connectivity index is 1.71. The molecule has 0 spiro atoms. The standard InChI is InChI=1S/C27H24N2O5S/c1-4-33-16(3)23-15(2)28-27-29(24(23)19-9-8-18-10-11-34-21(18)14-19)25(30)22(35-27)13-17-6-5-7-20(12-17)26(31)32/h5-9,12-14,24H,3-4,10-11H2,1-2H3,(H,31,32)/b22-13-. The number of rotatable bonds is 6. The first-order chi connectivity index (χ1) is 16.9. The van der Waals surface area contributed by atoms with Crippen LogP contribution in [-0.2, 0) is 11.2 Å². The average Bonchev–Trinajstić information content (AvgIpc) is 3.42. The van der Waals surface area contributed by atoms with E-state index in [0.29, 0.717) is 33.9 Å². The third kappa shape index (κ3) is 4.10. The molecule has 1 atom stereocenters. The fourth-order valence-corrected chi connectivity index (χ4v) is 5.56. The molecule has 178 valence electrons. The predicted octanol–water partition coefficient (Wildman–Crippen LogP) is 3.42. The molecule has 1 unspecified atom stereocenters. The smallest absolute Gasteiger partial charge is 0.335 e. The highest BCUT2D eigenvalue weighted by molar-refractivity contribution is 7.07. The van der Waals surface area contributed by atoms with Crippen LogP contribution in [0.4, 0.5) is 0 Å². The molecule has 2 aliphatic rings. The molecule has 8 heteroatoms. The summed E-state index contributed by atoms with van der Waals surface area (Å²) in [6.45, 7) is 8.99. The number of carbonyl (C=O) groups is 1. The van der Waals surface area contributed by atoms with Gasteiger partial charge < -0.3 is 14.6 Å². The number of carboxylic acids is 1. The van der Waals surface area contributed by atoms with Gasteiger partial charge in [0.15, 0.2) is 4.80 Å². The van der Waals surface area contributed by atoms with Gasteiger partial charge >= 0.3 is 5.97 Å². The highest BCUT2D eigenvalue weighted by Crippen LogP contribution is 2.37. The maximum absolute atomic E-state index is 13.7. The molecule has 3 heterocycles. The Labute approximate surface area is 205 Å². The third-order valence-corrected chi connectivity index (χ3v) is 7.09. The van der Waals surface area contributed by atoms with Crippen molar-refractivity contribution in [3.8, 4) is 5.75 Å². The van der Waals surface area contributed by atoms with Crippen molar-refractivity contribution in [3.05, 3.63) is 108 Å². The average molecular weight is 489 g/mol. The van der Waals surface area contributed by atoms with Crippen LogP contribution in [0.3, 0.4) is 0 Å². The van der Waals surface area contributed by atoms with Crippen LogP contribution in [0.25, 0.3) is 6.08 Å². The molecule has 0 saturated carbocycles. The van der Waals surface area contributed by atoms with Crippen LogP contribution in [0.5, 0.6) is 5.75 Å². The highest BCUT2D eigenvalue weighted by atomic mass is 32.1. The lowest BCUT2D eigenvalue weighted by atomic mass is 9.93. The molecule has 2 aliphatic heterocycles. The van der Waals surface area contributed by atoms with Crippen LogP contribution >= 0.6 is 11.3 Å². The molecule has 2 aromatic carbocycles. The number of allylic oxidation sites excluding steroid dienone is 2. The van der Waals surface area contributed by atoms with Crippen LogP contribution in [0.15, 0.2) is 75.9 Å². The summed E-state index contributed by atoms with van der Waals surface area (Å²) < 4.78 is 13.7. The van der Waals surface area contributed by atoms with Crippen molar-refractivity contribution in [1.29, 1.82) is 0 Å². The van der Waals surface area contributed by atoms with E-state index in [-0.39, 0.29) is 11.1 Å². The van der Waals surface area contributed by atoms with Gasteiger partial charge in [-0.15, -0.1) is 0 Å². The molecule has 1 N–H and O–H groups in total.